The molecule has 2 nitrogen and oxygen atoms in total. The van der Waals surface area contributed by atoms with Crippen molar-refractivity contribution in [3.63, 3.8) is 0 Å². The molecule has 1 aliphatic heterocycles. The van der Waals surface area contributed by atoms with E-state index in [0.29, 0.717) is 0 Å². The largest absolute Gasteiger partial charge is 0.269 e. The Kier molecular flexibility index (Phi) is 1.31. The zero-order chi connectivity index (χ0) is 6.81. The summed E-state index contributed by atoms with van der Waals surface area (Å²) < 4.78 is 0. The molecule has 1 heterocycles. The fourth-order valence-corrected chi connectivity index (χ4v) is 1.24. The van der Waals surface area contributed by atoms with E-state index >= 15 is 0 Å². The highest BCUT2D eigenvalue weighted by Gasteiger charge is 2.10. The topological polar surface area (TPSA) is 26.5 Å². The molecule has 0 N–H and O–H groups in total. The van der Waals surface area contributed by atoms with Crippen LogP contribution in [0.4, 0.5) is 0 Å². The predicted molar refractivity (Wildman–Crippen MR) is 40.9 cm³/mol. The molecule has 0 spiro atoms. The number of hydrogen-bond donors (Lipinski definition) is 0. The number of aliphatic imine (C=N–C) groups is 1. The van der Waals surface area contributed by atoms with Crippen LogP contribution in [0.2, 0.25) is 0 Å². The molecule has 51 valence electrons. The van der Waals surface area contributed by atoms with Gasteiger partial charge in [-0.1, -0.05) is 12.2 Å². The minimum atomic E-state index is 0.864. The van der Waals surface area contributed by atoms with E-state index in [2.05, 4.69) is 22.5 Å². The molecule has 2 heteroatoms. The molecule has 0 atom stereocenters. The standard InChI is InChI=1S/C8H9N2/c1-2-4-8-7(3-1)5-9-6-10-8/h1-2,6H,3-5H2. The van der Waals surface area contributed by atoms with E-state index in [1.54, 1.807) is 6.34 Å². The first-order chi connectivity index (χ1) is 4.97. The Morgan fingerprint density at radius 1 is 1.20 bits per heavy atom. The van der Waals surface area contributed by atoms with E-state index in [0.717, 1.165) is 19.4 Å². The van der Waals surface area contributed by atoms with Crippen LogP contribution >= 0.6 is 0 Å². The van der Waals surface area contributed by atoms with Gasteiger partial charge in [-0.25, -0.2) is 4.99 Å². The second-order valence-corrected chi connectivity index (χ2v) is 2.52. The minimum Gasteiger partial charge on any atom is -0.269 e. The van der Waals surface area contributed by atoms with Gasteiger partial charge in [-0.05, 0) is 12.0 Å². The first-order valence-corrected chi connectivity index (χ1v) is 3.52. The fraction of sp³-hybridized carbons (Fsp3) is 0.375. The van der Waals surface area contributed by atoms with E-state index in [-0.39, 0.29) is 0 Å². The van der Waals surface area contributed by atoms with Crippen molar-refractivity contribution in [2.75, 3.05) is 6.54 Å². The van der Waals surface area contributed by atoms with Gasteiger partial charge < -0.3 is 0 Å². The normalized spacial score (nSPS) is 22.4. The summed E-state index contributed by atoms with van der Waals surface area (Å²) in [5.74, 6) is 0. The molecule has 0 saturated carbocycles. The molecular formula is C8H9N2. The minimum absolute atomic E-state index is 0.864. The van der Waals surface area contributed by atoms with Crippen LogP contribution in [0.1, 0.15) is 12.8 Å². The van der Waals surface area contributed by atoms with Crippen molar-refractivity contribution < 1.29 is 0 Å². The third-order valence-corrected chi connectivity index (χ3v) is 1.83. The predicted octanol–water partition coefficient (Wildman–Crippen LogP) is 1.24. The maximum Gasteiger partial charge on any atom is 0.110 e. The van der Waals surface area contributed by atoms with Gasteiger partial charge in [0.1, 0.15) is 6.34 Å². The van der Waals surface area contributed by atoms with Crippen LogP contribution < -0.4 is 5.32 Å². The third-order valence-electron chi connectivity index (χ3n) is 1.83. The van der Waals surface area contributed by atoms with Crippen LogP contribution in [0.15, 0.2) is 28.4 Å². The molecule has 0 aromatic carbocycles. The fourth-order valence-electron chi connectivity index (χ4n) is 1.24. The average molecular weight is 133 g/mol. The molecule has 0 aromatic heterocycles. The summed E-state index contributed by atoms with van der Waals surface area (Å²) in [5.41, 5.74) is 2.63. The van der Waals surface area contributed by atoms with Crippen LogP contribution in [-0.4, -0.2) is 12.9 Å². The number of rotatable bonds is 0. The van der Waals surface area contributed by atoms with Gasteiger partial charge in [-0.3, -0.25) is 5.32 Å². The smallest absolute Gasteiger partial charge is 0.110 e. The van der Waals surface area contributed by atoms with Gasteiger partial charge in [-0.15, -0.1) is 0 Å². The lowest BCUT2D eigenvalue weighted by Gasteiger charge is -2.15. The summed E-state index contributed by atoms with van der Waals surface area (Å²) in [6, 6.07) is 0. The number of nitrogens with zero attached hydrogens (tertiary/aromatic N) is 2. The summed E-state index contributed by atoms with van der Waals surface area (Å²) in [6.07, 6.45) is 8.08. The van der Waals surface area contributed by atoms with Gasteiger partial charge in [0.15, 0.2) is 0 Å². The van der Waals surface area contributed by atoms with E-state index in [1.807, 2.05) is 0 Å². The average Bonchev–Trinajstić information content (AvgIpc) is 2.05. The molecule has 1 aliphatic carbocycles. The molecule has 0 fully saturated rings. The van der Waals surface area contributed by atoms with Gasteiger partial charge in [0.25, 0.3) is 0 Å². The quantitative estimate of drug-likeness (QED) is 0.444. The highest BCUT2D eigenvalue weighted by atomic mass is 15.0. The van der Waals surface area contributed by atoms with Crippen LogP contribution in [-0.2, 0) is 0 Å². The summed E-state index contributed by atoms with van der Waals surface area (Å²) in [7, 11) is 0. The second kappa shape index (κ2) is 2.29. The van der Waals surface area contributed by atoms with Gasteiger partial charge in [0.05, 0.1) is 6.54 Å². The molecule has 0 unspecified atom stereocenters. The Bertz CT molecular complexity index is 223. The lowest BCUT2D eigenvalue weighted by atomic mass is 10.0. The van der Waals surface area contributed by atoms with Crippen molar-refractivity contribution in [1.82, 2.24) is 5.32 Å². The van der Waals surface area contributed by atoms with Crippen molar-refractivity contribution in [1.29, 1.82) is 0 Å². The Labute approximate surface area is 60.3 Å². The van der Waals surface area contributed by atoms with E-state index in [1.165, 1.54) is 11.3 Å². The highest BCUT2D eigenvalue weighted by Crippen LogP contribution is 2.21. The lowest BCUT2D eigenvalue weighted by molar-refractivity contribution is 0.861. The molecule has 0 aromatic rings. The van der Waals surface area contributed by atoms with Gasteiger partial charge in [-0.2, -0.15) is 0 Å². The maximum absolute atomic E-state index is 4.19. The Morgan fingerprint density at radius 3 is 3.00 bits per heavy atom. The van der Waals surface area contributed by atoms with Gasteiger partial charge in [0.2, 0.25) is 0 Å². The maximum atomic E-state index is 4.19. The zero-order valence-electron chi connectivity index (χ0n) is 5.75. The number of allylic oxidation sites excluding steroid dienone is 2. The molecule has 2 rings (SSSR count). The first kappa shape index (κ1) is 5.71. The van der Waals surface area contributed by atoms with Gasteiger partial charge >= 0.3 is 0 Å². The molecule has 1 radical (unpaired) electrons. The van der Waals surface area contributed by atoms with Crippen molar-refractivity contribution >= 4 is 6.34 Å². The van der Waals surface area contributed by atoms with E-state index in [9.17, 15) is 0 Å². The van der Waals surface area contributed by atoms with Crippen LogP contribution in [0.25, 0.3) is 0 Å². The molecular weight excluding hydrogens is 124 g/mol. The third kappa shape index (κ3) is 0.856. The van der Waals surface area contributed by atoms with E-state index in [4.69, 9.17) is 0 Å². The van der Waals surface area contributed by atoms with Crippen molar-refractivity contribution in [3.05, 3.63) is 23.4 Å². The SMILES string of the molecule is C1=CCC2=C(C1)C[N]C=N2. The first-order valence-electron chi connectivity index (χ1n) is 3.52. The molecule has 2 aliphatic rings. The van der Waals surface area contributed by atoms with Crippen LogP contribution in [0, 0.1) is 0 Å². The molecule has 0 bridgehead atoms. The van der Waals surface area contributed by atoms with Gasteiger partial charge in [0, 0.05) is 12.1 Å². The molecule has 0 saturated heterocycles. The Morgan fingerprint density at radius 2 is 2.10 bits per heavy atom. The second-order valence-electron chi connectivity index (χ2n) is 2.52. The van der Waals surface area contributed by atoms with Crippen LogP contribution in [0.5, 0.6) is 0 Å². The summed E-state index contributed by atoms with van der Waals surface area (Å²) in [6.45, 7) is 0.864. The Hall–Kier alpha value is -1.05. The van der Waals surface area contributed by atoms with E-state index < -0.39 is 0 Å². The Balaban J connectivity index is 2.25. The molecule has 0 amide bonds. The summed E-state index contributed by atoms with van der Waals surface area (Å²) in [4.78, 5) is 4.19. The monoisotopic (exact) mass is 133 g/mol. The van der Waals surface area contributed by atoms with Crippen molar-refractivity contribution in [2.24, 2.45) is 4.99 Å². The van der Waals surface area contributed by atoms with Crippen molar-refractivity contribution in [2.45, 2.75) is 12.8 Å². The summed E-state index contributed by atoms with van der Waals surface area (Å²) >= 11 is 0. The van der Waals surface area contributed by atoms with Crippen molar-refractivity contribution in [3.8, 4) is 0 Å². The van der Waals surface area contributed by atoms with Crippen LogP contribution in [0.3, 0.4) is 0 Å². The molecule has 10 heavy (non-hydrogen) atoms. The zero-order valence-corrected chi connectivity index (χ0v) is 5.75. The number of hydrogen-bond acceptors (Lipinski definition) is 1. The summed E-state index contributed by atoms with van der Waals surface area (Å²) in [5, 5.41) is 4.08. The lowest BCUT2D eigenvalue weighted by Crippen LogP contribution is -2.14. The highest BCUT2D eigenvalue weighted by molar-refractivity contribution is 5.59.